The van der Waals surface area contributed by atoms with E-state index in [2.05, 4.69) is 0 Å². The van der Waals surface area contributed by atoms with Crippen LogP contribution in [0.1, 0.15) is 40.7 Å². The fourth-order valence-corrected chi connectivity index (χ4v) is 4.54. The molecule has 0 spiro atoms. The van der Waals surface area contributed by atoms with Crippen molar-refractivity contribution < 1.29 is 41.0 Å². The molecule has 0 saturated carbocycles. The number of carboxylic acids is 1. The predicted octanol–water partition coefficient (Wildman–Crippen LogP) is 6.85. The maximum absolute atomic E-state index is 13.3. The van der Waals surface area contributed by atoms with Gasteiger partial charge in [0.15, 0.2) is 0 Å². The Bertz CT molecular complexity index is 1130. The highest BCUT2D eigenvalue weighted by molar-refractivity contribution is 5.69. The van der Waals surface area contributed by atoms with E-state index >= 15 is 0 Å². The second kappa shape index (κ2) is 12.0. The summed E-state index contributed by atoms with van der Waals surface area (Å²) in [4.78, 5) is 13.1. The van der Waals surface area contributed by atoms with Gasteiger partial charge < -0.3 is 9.84 Å². The van der Waals surface area contributed by atoms with Crippen LogP contribution in [0.5, 0.6) is 0 Å². The maximum Gasteiger partial charge on any atom is 0.416 e. The molecule has 3 aromatic rings. The Morgan fingerprint density at radius 1 is 0.842 bits per heavy atom. The molecule has 10 heteroatoms. The third kappa shape index (κ3) is 7.58. The van der Waals surface area contributed by atoms with Gasteiger partial charge in [-0.3, -0.25) is 9.69 Å². The van der Waals surface area contributed by atoms with Gasteiger partial charge in [-0.05, 0) is 48.9 Å². The summed E-state index contributed by atoms with van der Waals surface area (Å²) in [6.07, 6.45) is -10.7. The van der Waals surface area contributed by atoms with Crippen molar-refractivity contribution in [3.63, 3.8) is 0 Å². The van der Waals surface area contributed by atoms with Crippen LogP contribution in [-0.4, -0.2) is 41.7 Å². The lowest BCUT2D eigenvalue weighted by Gasteiger charge is -2.38. The van der Waals surface area contributed by atoms with Gasteiger partial charge in [-0.1, -0.05) is 60.7 Å². The molecule has 2 atom stereocenters. The number of likely N-dealkylation sites (N-methyl/N-ethyl adjacent to an activating group) is 1. The number of rotatable bonds is 10. The number of aliphatic carboxylic acids is 1. The monoisotopic (exact) mass is 539 g/mol. The van der Waals surface area contributed by atoms with Crippen molar-refractivity contribution >= 4 is 5.97 Å². The highest BCUT2D eigenvalue weighted by Gasteiger charge is 2.38. The van der Waals surface area contributed by atoms with Crippen molar-refractivity contribution in [3.05, 3.63) is 107 Å². The summed E-state index contributed by atoms with van der Waals surface area (Å²) in [6, 6.07) is 19.1. The number of nitrogens with zero attached hydrogens (tertiary/aromatic N) is 1. The molecular weight excluding hydrogens is 512 g/mol. The van der Waals surface area contributed by atoms with E-state index in [1.807, 2.05) is 60.7 Å². The average Bonchev–Trinajstić information content (AvgIpc) is 2.85. The van der Waals surface area contributed by atoms with Crippen LogP contribution in [0.4, 0.5) is 26.3 Å². The first-order valence-electron chi connectivity index (χ1n) is 11.7. The normalized spacial score (nSPS) is 14.1. The Kier molecular flexibility index (Phi) is 9.22. The van der Waals surface area contributed by atoms with Crippen LogP contribution >= 0.6 is 0 Å². The molecule has 2 unspecified atom stereocenters. The molecule has 0 heterocycles. The molecule has 0 aliphatic carbocycles. The summed E-state index contributed by atoms with van der Waals surface area (Å²) in [5.41, 5.74) is -1.46. The zero-order chi connectivity index (χ0) is 28.1. The van der Waals surface area contributed by atoms with Gasteiger partial charge in [0, 0.05) is 12.0 Å². The molecule has 4 nitrogen and oxygen atoms in total. The zero-order valence-corrected chi connectivity index (χ0v) is 20.6. The zero-order valence-electron chi connectivity index (χ0n) is 20.6. The topological polar surface area (TPSA) is 49.8 Å². The fourth-order valence-electron chi connectivity index (χ4n) is 4.54. The van der Waals surface area contributed by atoms with E-state index in [0.29, 0.717) is 12.1 Å². The van der Waals surface area contributed by atoms with Gasteiger partial charge in [0.25, 0.3) is 0 Å². The summed E-state index contributed by atoms with van der Waals surface area (Å²) in [6.45, 7) is 0.721. The lowest BCUT2D eigenvalue weighted by Crippen LogP contribution is -2.47. The van der Waals surface area contributed by atoms with E-state index in [1.54, 1.807) is 18.9 Å². The van der Waals surface area contributed by atoms with Crippen LogP contribution < -0.4 is 0 Å². The Hall–Kier alpha value is -3.37. The smallest absolute Gasteiger partial charge is 0.416 e. The van der Waals surface area contributed by atoms with Crippen LogP contribution in [0.2, 0.25) is 0 Å². The molecule has 3 rings (SSSR count). The molecule has 0 aromatic heterocycles. The summed E-state index contributed by atoms with van der Waals surface area (Å²) < 4.78 is 85.7. The van der Waals surface area contributed by atoms with Gasteiger partial charge in [0.2, 0.25) is 0 Å². The van der Waals surface area contributed by atoms with Crippen molar-refractivity contribution in [1.29, 1.82) is 0 Å². The molecule has 0 amide bonds. The molecule has 3 aromatic carbocycles. The Balaban J connectivity index is 1.99. The van der Waals surface area contributed by atoms with Crippen LogP contribution in [0.25, 0.3) is 0 Å². The summed E-state index contributed by atoms with van der Waals surface area (Å²) in [5, 5.41) is 9.46. The predicted molar refractivity (Wildman–Crippen MR) is 129 cm³/mol. The highest BCUT2D eigenvalue weighted by Crippen LogP contribution is 2.37. The number of ether oxygens (including phenoxy) is 1. The summed E-state index contributed by atoms with van der Waals surface area (Å²) in [7, 11) is 1.59. The van der Waals surface area contributed by atoms with Gasteiger partial charge in [-0.25, -0.2) is 0 Å². The number of alkyl halides is 6. The van der Waals surface area contributed by atoms with Gasteiger partial charge in [-0.2, -0.15) is 26.3 Å². The number of carboxylic acid groups (broad SMARTS) is 1. The number of benzene rings is 3. The lowest BCUT2D eigenvalue weighted by molar-refractivity contribution is -0.143. The average molecular weight is 540 g/mol. The largest absolute Gasteiger partial charge is 0.480 e. The molecule has 204 valence electrons. The van der Waals surface area contributed by atoms with E-state index in [1.165, 1.54) is 0 Å². The number of hydrogen-bond acceptors (Lipinski definition) is 3. The summed E-state index contributed by atoms with van der Waals surface area (Å²) >= 11 is 0. The third-order valence-corrected chi connectivity index (χ3v) is 6.19. The van der Waals surface area contributed by atoms with E-state index in [4.69, 9.17) is 4.74 Å². The minimum absolute atomic E-state index is 0.0667. The molecular formula is C28H27F6NO3. The van der Waals surface area contributed by atoms with E-state index in [-0.39, 0.29) is 18.2 Å². The minimum atomic E-state index is -4.97. The van der Waals surface area contributed by atoms with Crippen molar-refractivity contribution in [3.8, 4) is 0 Å². The Morgan fingerprint density at radius 3 is 1.68 bits per heavy atom. The van der Waals surface area contributed by atoms with Gasteiger partial charge >= 0.3 is 18.3 Å². The molecule has 0 saturated heterocycles. The van der Waals surface area contributed by atoms with Crippen molar-refractivity contribution in [2.24, 2.45) is 0 Å². The molecule has 0 aliphatic rings. The van der Waals surface area contributed by atoms with Crippen LogP contribution in [0, 0.1) is 0 Å². The Labute approximate surface area is 216 Å². The van der Waals surface area contributed by atoms with Gasteiger partial charge in [0.05, 0.1) is 30.4 Å². The number of carbonyl (C=O) groups is 1. The standard InChI is InChI=1S/C28H27F6NO3/c1-18(38-17-19-13-22(27(29,30)31)15-23(14-19)28(32,33)34)26(35(2)16-24(36)37)25(20-9-5-3-6-10-20)21-11-7-4-8-12-21/h3-15,18,25-26H,16-17H2,1-2H3,(H,36,37). The van der Waals surface area contributed by atoms with E-state index in [0.717, 1.165) is 11.1 Å². The first-order valence-corrected chi connectivity index (χ1v) is 11.7. The highest BCUT2D eigenvalue weighted by atomic mass is 19.4. The molecule has 0 aliphatic heterocycles. The Morgan fingerprint density at radius 2 is 1.29 bits per heavy atom. The fraction of sp³-hybridized carbons (Fsp3) is 0.321. The second-order valence-electron chi connectivity index (χ2n) is 9.03. The molecule has 0 radical (unpaired) electrons. The number of halogens is 6. The lowest BCUT2D eigenvalue weighted by atomic mass is 9.82. The summed E-state index contributed by atoms with van der Waals surface area (Å²) in [5.74, 6) is -1.51. The molecule has 1 N–H and O–H groups in total. The molecule has 0 bridgehead atoms. The van der Waals surface area contributed by atoms with Crippen molar-refractivity contribution in [2.75, 3.05) is 13.6 Å². The number of hydrogen-bond donors (Lipinski definition) is 1. The van der Waals surface area contributed by atoms with Crippen molar-refractivity contribution in [1.82, 2.24) is 4.90 Å². The quantitative estimate of drug-likeness (QED) is 0.287. The first kappa shape index (κ1) is 29.2. The van der Waals surface area contributed by atoms with E-state index < -0.39 is 54.1 Å². The van der Waals surface area contributed by atoms with Crippen LogP contribution in [0.3, 0.4) is 0 Å². The van der Waals surface area contributed by atoms with Crippen LogP contribution in [-0.2, 0) is 28.5 Å². The van der Waals surface area contributed by atoms with Gasteiger partial charge in [0.1, 0.15) is 0 Å². The molecule has 38 heavy (non-hydrogen) atoms. The van der Waals surface area contributed by atoms with Crippen LogP contribution in [0.15, 0.2) is 78.9 Å². The third-order valence-electron chi connectivity index (χ3n) is 6.19. The second-order valence-corrected chi connectivity index (χ2v) is 9.03. The SMILES string of the molecule is CC(OCc1cc(C(F)(F)F)cc(C(F)(F)F)c1)C(C(c1ccccc1)c1ccccc1)N(C)CC(=O)O. The van der Waals surface area contributed by atoms with E-state index in [9.17, 15) is 36.2 Å². The minimum Gasteiger partial charge on any atom is -0.480 e. The maximum atomic E-state index is 13.3. The van der Waals surface area contributed by atoms with Crippen molar-refractivity contribution in [2.45, 2.75) is 43.9 Å². The first-order chi connectivity index (χ1) is 17.8. The van der Waals surface area contributed by atoms with Gasteiger partial charge in [-0.15, -0.1) is 0 Å². The molecule has 0 fully saturated rings.